The molecular formula is C43H32N2. The Kier molecular flexibility index (Phi) is 5.29. The summed E-state index contributed by atoms with van der Waals surface area (Å²) in [5.41, 5.74) is 13.2. The Balaban J connectivity index is 1.35. The van der Waals surface area contributed by atoms with Gasteiger partial charge in [-0.15, -0.1) is 0 Å². The lowest BCUT2D eigenvalue weighted by Gasteiger charge is -2.23. The van der Waals surface area contributed by atoms with E-state index in [0.717, 1.165) is 5.52 Å². The van der Waals surface area contributed by atoms with E-state index >= 15 is 0 Å². The van der Waals surface area contributed by atoms with Crippen LogP contribution in [0.2, 0.25) is 0 Å². The van der Waals surface area contributed by atoms with E-state index in [2.05, 4.69) is 152 Å². The average Bonchev–Trinajstić information content (AvgIpc) is 3.68. The van der Waals surface area contributed by atoms with Crippen LogP contribution in [0.15, 0.2) is 146 Å². The van der Waals surface area contributed by atoms with Gasteiger partial charge < -0.3 is 9.55 Å². The van der Waals surface area contributed by atoms with Gasteiger partial charge in [0, 0.05) is 49.1 Å². The fourth-order valence-corrected chi connectivity index (χ4v) is 7.98. The third-order valence-electron chi connectivity index (χ3n) is 10.1. The van der Waals surface area contributed by atoms with Crippen LogP contribution in [-0.4, -0.2) is 9.55 Å². The Hall–Kier alpha value is -5.60. The van der Waals surface area contributed by atoms with Crippen molar-refractivity contribution in [2.75, 3.05) is 0 Å². The van der Waals surface area contributed by atoms with Gasteiger partial charge >= 0.3 is 0 Å². The van der Waals surface area contributed by atoms with Gasteiger partial charge in [0.15, 0.2) is 0 Å². The van der Waals surface area contributed by atoms with Gasteiger partial charge in [-0.3, -0.25) is 0 Å². The lowest BCUT2D eigenvalue weighted by atomic mass is 9.81. The molecule has 8 aromatic rings. The second-order valence-electron chi connectivity index (χ2n) is 12.7. The van der Waals surface area contributed by atoms with Gasteiger partial charge in [-0.1, -0.05) is 112 Å². The quantitative estimate of drug-likeness (QED) is 0.215. The third kappa shape index (κ3) is 3.45. The Morgan fingerprint density at radius 2 is 1.31 bits per heavy atom. The molecule has 0 unspecified atom stereocenters. The van der Waals surface area contributed by atoms with Crippen molar-refractivity contribution in [2.24, 2.45) is 0 Å². The summed E-state index contributed by atoms with van der Waals surface area (Å²) in [7, 11) is 0. The summed E-state index contributed by atoms with van der Waals surface area (Å²) in [6.07, 6.45) is 3.98. The fourth-order valence-electron chi connectivity index (χ4n) is 7.98. The van der Waals surface area contributed by atoms with Crippen LogP contribution >= 0.6 is 0 Å². The van der Waals surface area contributed by atoms with Crippen LogP contribution in [-0.2, 0) is 5.41 Å². The van der Waals surface area contributed by atoms with Crippen molar-refractivity contribution in [2.45, 2.75) is 19.3 Å². The number of para-hydroxylation sites is 2. The molecule has 0 spiro atoms. The van der Waals surface area contributed by atoms with Crippen molar-refractivity contribution in [3.05, 3.63) is 157 Å². The van der Waals surface area contributed by atoms with Gasteiger partial charge in [-0.25, -0.2) is 0 Å². The van der Waals surface area contributed by atoms with Gasteiger partial charge in [-0.05, 0) is 81.3 Å². The largest absolute Gasteiger partial charge is 0.355 e. The highest BCUT2D eigenvalue weighted by Gasteiger charge is 2.35. The van der Waals surface area contributed by atoms with Crippen molar-refractivity contribution in [3.63, 3.8) is 0 Å². The Morgan fingerprint density at radius 1 is 0.600 bits per heavy atom. The molecule has 0 saturated carbocycles. The van der Waals surface area contributed by atoms with Crippen molar-refractivity contribution in [1.82, 2.24) is 9.55 Å². The second kappa shape index (κ2) is 9.20. The minimum absolute atomic E-state index is 0.161. The first-order valence-corrected chi connectivity index (χ1v) is 15.6. The second-order valence-corrected chi connectivity index (χ2v) is 12.7. The van der Waals surface area contributed by atoms with E-state index in [-0.39, 0.29) is 5.41 Å². The molecule has 214 valence electrons. The Bertz CT molecular complexity index is 2600. The minimum atomic E-state index is -0.161. The zero-order chi connectivity index (χ0) is 30.4. The molecule has 2 heteroatoms. The van der Waals surface area contributed by atoms with Crippen molar-refractivity contribution < 1.29 is 0 Å². The third-order valence-corrected chi connectivity index (χ3v) is 10.1. The van der Waals surface area contributed by atoms with Crippen molar-refractivity contribution >= 4 is 60.0 Å². The van der Waals surface area contributed by atoms with Crippen LogP contribution in [0.5, 0.6) is 0 Å². The Morgan fingerprint density at radius 3 is 2.11 bits per heavy atom. The number of hydrogen-bond acceptors (Lipinski definition) is 0. The number of fused-ring (bicyclic) bond motifs is 9. The SMILES string of the molecule is C=CC1=C(C=C)C(C)(C)c2cc(-n3c4ccccc4c4cc(-c5ccc6[nH]c7ccccc7c6c5)c5ccccc5c43)ccc21. The summed E-state index contributed by atoms with van der Waals surface area (Å²) >= 11 is 0. The monoisotopic (exact) mass is 576 g/mol. The maximum Gasteiger partial charge on any atom is 0.0619 e. The molecule has 0 bridgehead atoms. The van der Waals surface area contributed by atoms with E-state index in [4.69, 9.17) is 0 Å². The number of hydrogen-bond donors (Lipinski definition) is 1. The van der Waals surface area contributed by atoms with Crippen LogP contribution in [0.3, 0.4) is 0 Å². The predicted octanol–water partition coefficient (Wildman–Crippen LogP) is 11.7. The van der Waals surface area contributed by atoms with E-state index in [9.17, 15) is 0 Å². The standard InChI is InChI=1S/C43H32N2/c1-5-28-30-21-20-27(24-38(30)43(3,4)37(28)6-2)45-41-18-12-10-15-32(41)36-25-34(29-13-7-8-16-33(29)42(36)45)26-19-22-40-35(23-26)31-14-9-11-17-39(31)44-40/h5-25,44H,1-2H2,3-4H3. The highest BCUT2D eigenvalue weighted by molar-refractivity contribution is 6.22. The van der Waals surface area contributed by atoms with Gasteiger partial charge in [0.2, 0.25) is 0 Å². The number of benzene rings is 6. The summed E-state index contributed by atoms with van der Waals surface area (Å²) in [6, 6.07) is 42.4. The normalized spacial score (nSPS) is 14.3. The average molecular weight is 577 g/mol. The zero-order valence-electron chi connectivity index (χ0n) is 25.5. The maximum absolute atomic E-state index is 4.16. The van der Waals surface area contributed by atoms with Crippen molar-refractivity contribution in [3.8, 4) is 16.8 Å². The molecule has 6 aromatic carbocycles. The van der Waals surface area contributed by atoms with Gasteiger partial charge in [0.05, 0.1) is 11.0 Å². The first-order valence-electron chi connectivity index (χ1n) is 15.6. The van der Waals surface area contributed by atoms with E-state index in [1.165, 1.54) is 88.0 Å². The van der Waals surface area contributed by atoms with E-state index in [0.29, 0.717) is 0 Å². The number of nitrogens with one attached hydrogen (secondary N) is 1. The molecule has 0 aliphatic heterocycles. The molecule has 45 heavy (non-hydrogen) atoms. The van der Waals surface area contributed by atoms with Crippen LogP contribution in [0.4, 0.5) is 0 Å². The molecule has 1 aliphatic rings. The first-order chi connectivity index (χ1) is 22.0. The van der Waals surface area contributed by atoms with Crippen LogP contribution in [0.25, 0.3) is 76.8 Å². The molecule has 1 aliphatic carbocycles. The molecule has 0 radical (unpaired) electrons. The highest BCUT2D eigenvalue weighted by atomic mass is 15.0. The molecule has 0 amide bonds. The van der Waals surface area contributed by atoms with Gasteiger partial charge in [0.25, 0.3) is 0 Å². The zero-order valence-corrected chi connectivity index (χ0v) is 25.5. The van der Waals surface area contributed by atoms with Crippen LogP contribution < -0.4 is 0 Å². The highest BCUT2D eigenvalue weighted by Crippen LogP contribution is 2.49. The number of H-pyrrole nitrogens is 1. The molecular weight excluding hydrogens is 544 g/mol. The number of allylic oxidation sites excluding steroid dienone is 4. The molecule has 0 saturated heterocycles. The smallest absolute Gasteiger partial charge is 0.0619 e. The molecule has 1 N–H and O–H groups in total. The minimum Gasteiger partial charge on any atom is -0.355 e. The van der Waals surface area contributed by atoms with Gasteiger partial charge in [-0.2, -0.15) is 0 Å². The molecule has 9 rings (SSSR count). The summed E-state index contributed by atoms with van der Waals surface area (Å²) in [5.74, 6) is 0. The summed E-state index contributed by atoms with van der Waals surface area (Å²) in [4.78, 5) is 3.59. The molecule has 0 fully saturated rings. The lowest BCUT2D eigenvalue weighted by molar-refractivity contribution is 0.654. The summed E-state index contributed by atoms with van der Waals surface area (Å²) in [6.45, 7) is 12.9. The summed E-state index contributed by atoms with van der Waals surface area (Å²) < 4.78 is 2.47. The maximum atomic E-state index is 4.16. The summed E-state index contributed by atoms with van der Waals surface area (Å²) in [5, 5.41) is 7.52. The first kappa shape index (κ1) is 25.9. The topological polar surface area (TPSA) is 20.7 Å². The lowest BCUT2D eigenvalue weighted by Crippen LogP contribution is -2.16. The number of aromatic nitrogens is 2. The van der Waals surface area contributed by atoms with Crippen LogP contribution in [0.1, 0.15) is 25.0 Å². The number of nitrogens with zero attached hydrogens (tertiary/aromatic N) is 1. The number of aromatic amines is 1. The number of rotatable bonds is 4. The molecule has 2 nitrogen and oxygen atoms in total. The van der Waals surface area contributed by atoms with E-state index in [1.54, 1.807) is 0 Å². The van der Waals surface area contributed by atoms with E-state index in [1.807, 2.05) is 12.2 Å². The molecule has 2 aromatic heterocycles. The van der Waals surface area contributed by atoms with Gasteiger partial charge in [0.1, 0.15) is 0 Å². The molecule has 0 atom stereocenters. The Labute approximate surface area is 262 Å². The van der Waals surface area contributed by atoms with E-state index < -0.39 is 0 Å². The molecule has 2 heterocycles. The van der Waals surface area contributed by atoms with Crippen molar-refractivity contribution in [1.29, 1.82) is 0 Å². The van der Waals surface area contributed by atoms with Crippen LogP contribution in [0, 0.1) is 0 Å². The predicted molar refractivity (Wildman–Crippen MR) is 193 cm³/mol. The fraction of sp³-hybridized carbons (Fsp3) is 0.0698.